The number of amides is 1. The van der Waals surface area contributed by atoms with Crippen LogP contribution in [0.4, 0.5) is 0 Å². The van der Waals surface area contributed by atoms with E-state index in [1.165, 1.54) is 18.9 Å². The Balaban J connectivity index is 2.20. The van der Waals surface area contributed by atoms with Crippen LogP contribution in [0.1, 0.15) is 26.7 Å². The minimum Gasteiger partial charge on any atom is -0.569 e. The molecule has 1 aliphatic heterocycles. The Kier molecular flexibility index (Phi) is 5.83. The first-order valence-electron chi connectivity index (χ1n) is 5.99. The molecule has 9 nitrogen and oxygen atoms in total. The van der Waals surface area contributed by atoms with E-state index in [1.807, 2.05) is 0 Å². The number of carbonyl (C=O) groups excluding carboxylic acids is 2. The molecule has 0 aliphatic carbocycles. The normalized spacial score (nSPS) is 16.9. The molecule has 1 rings (SSSR count). The van der Waals surface area contributed by atoms with Crippen LogP contribution in [-0.2, 0) is 19.2 Å². The van der Waals surface area contributed by atoms with Crippen LogP contribution in [0.5, 0.6) is 0 Å². The zero-order valence-electron chi connectivity index (χ0n) is 11.0. The van der Waals surface area contributed by atoms with E-state index in [4.69, 9.17) is 0 Å². The fourth-order valence-electron chi connectivity index (χ4n) is 1.57. The number of hydrogen-bond acceptors (Lipinski definition) is 6. The van der Waals surface area contributed by atoms with Crippen molar-refractivity contribution >= 4 is 11.9 Å². The summed E-state index contributed by atoms with van der Waals surface area (Å²) in [6.45, 7) is 3.56. The van der Waals surface area contributed by atoms with Crippen LogP contribution in [0.25, 0.3) is 0 Å². The second-order valence-corrected chi connectivity index (χ2v) is 4.13. The standard InChI is InChI=1S/C10H18N4O5/c1-8(11-9(2)15)10(16)18-7-19-12-14(17)13-5-3-4-6-13/h8H,3-7H2,1-2H3,(H,11,15)/b14-12-/t8-/m0/s1. The van der Waals surface area contributed by atoms with Crippen molar-refractivity contribution in [2.75, 3.05) is 19.9 Å². The second-order valence-electron chi connectivity index (χ2n) is 4.13. The summed E-state index contributed by atoms with van der Waals surface area (Å²) < 4.78 is 4.66. The van der Waals surface area contributed by atoms with E-state index < -0.39 is 18.8 Å². The van der Waals surface area contributed by atoms with E-state index in [0.717, 1.165) is 12.8 Å². The Hall–Kier alpha value is -2.06. The Labute approximate surface area is 110 Å². The van der Waals surface area contributed by atoms with Crippen LogP contribution < -0.4 is 5.32 Å². The summed E-state index contributed by atoms with van der Waals surface area (Å²) in [5.41, 5.74) is 0. The Morgan fingerprint density at radius 1 is 1.47 bits per heavy atom. The number of rotatable bonds is 6. The van der Waals surface area contributed by atoms with E-state index in [9.17, 15) is 14.8 Å². The lowest BCUT2D eigenvalue weighted by Crippen LogP contribution is -2.38. The summed E-state index contributed by atoms with van der Waals surface area (Å²) in [4.78, 5) is 26.9. The molecule has 1 aliphatic rings. The number of ether oxygens (including phenoxy) is 1. The molecule has 0 bridgehead atoms. The van der Waals surface area contributed by atoms with Crippen molar-refractivity contribution in [1.82, 2.24) is 10.3 Å². The molecule has 1 amide bonds. The first-order chi connectivity index (χ1) is 9.00. The first-order valence-corrected chi connectivity index (χ1v) is 5.99. The third-order valence-electron chi connectivity index (χ3n) is 2.48. The Morgan fingerprint density at radius 2 is 2.11 bits per heavy atom. The third kappa shape index (κ3) is 5.40. The van der Waals surface area contributed by atoms with Crippen molar-refractivity contribution in [3.05, 3.63) is 5.21 Å². The van der Waals surface area contributed by atoms with Gasteiger partial charge in [0.2, 0.25) is 11.2 Å². The van der Waals surface area contributed by atoms with Crippen LogP contribution in [0.15, 0.2) is 5.28 Å². The maximum absolute atomic E-state index is 11.3. The topological polar surface area (TPSA) is 106 Å². The highest BCUT2D eigenvalue weighted by molar-refractivity contribution is 5.82. The summed E-state index contributed by atoms with van der Waals surface area (Å²) in [7, 11) is 0. The second kappa shape index (κ2) is 7.39. The fraction of sp³-hybridized carbons (Fsp3) is 0.800. The molecule has 108 valence electrons. The third-order valence-corrected chi connectivity index (χ3v) is 2.48. The smallest absolute Gasteiger partial charge is 0.331 e. The number of nitrogens with one attached hydrogen (secondary N) is 1. The molecule has 1 N–H and O–H groups in total. The number of hydrogen-bond donors (Lipinski definition) is 1. The molecule has 1 heterocycles. The van der Waals surface area contributed by atoms with E-state index >= 15 is 0 Å². The Morgan fingerprint density at radius 3 is 2.68 bits per heavy atom. The predicted octanol–water partition coefficient (Wildman–Crippen LogP) is -0.0834. The lowest BCUT2D eigenvalue weighted by molar-refractivity contribution is -0.708. The highest BCUT2D eigenvalue weighted by atomic mass is 16.8. The van der Waals surface area contributed by atoms with Crippen LogP contribution in [-0.4, -0.2) is 47.8 Å². The fourth-order valence-corrected chi connectivity index (χ4v) is 1.57. The minimum atomic E-state index is -0.775. The van der Waals surface area contributed by atoms with Gasteiger partial charge in [0, 0.05) is 6.92 Å². The van der Waals surface area contributed by atoms with Gasteiger partial charge in [-0.25, -0.2) is 4.79 Å². The lowest BCUT2D eigenvalue weighted by Gasteiger charge is -2.11. The van der Waals surface area contributed by atoms with E-state index in [-0.39, 0.29) is 5.91 Å². The van der Waals surface area contributed by atoms with Crippen LogP contribution in [0.2, 0.25) is 0 Å². The molecule has 0 radical (unpaired) electrons. The van der Waals surface area contributed by atoms with Crippen LogP contribution in [0.3, 0.4) is 0 Å². The van der Waals surface area contributed by atoms with Gasteiger partial charge in [0.1, 0.15) is 6.04 Å². The molecule has 1 saturated heterocycles. The summed E-state index contributed by atoms with van der Waals surface area (Å²) >= 11 is 0. The van der Waals surface area contributed by atoms with Gasteiger partial charge in [-0.3, -0.25) is 4.79 Å². The predicted molar refractivity (Wildman–Crippen MR) is 62.2 cm³/mol. The van der Waals surface area contributed by atoms with Crippen molar-refractivity contribution in [2.24, 2.45) is 5.28 Å². The Bertz CT molecular complexity index is 354. The molecular weight excluding hydrogens is 256 g/mol. The first kappa shape index (κ1) is 15.0. The van der Waals surface area contributed by atoms with Gasteiger partial charge in [0.15, 0.2) is 0 Å². The van der Waals surface area contributed by atoms with Gasteiger partial charge in [-0.05, 0) is 19.8 Å². The van der Waals surface area contributed by atoms with Crippen LogP contribution >= 0.6 is 0 Å². The minimum absolute atomic E-state index is 0.338. The molecule has 0 aromatic heterocycles. The molecule has 1 atom stereocenters. The van der Waals surface area contributed by atoms with Crippen molar-refractivity contribution in [3.8, 4) is 0 Å². The van der Waals surface area contributed by atoms with Crippen molar-refractivity contribution < 1.29 is 24.1 Å². The van der Waals surface area contributed by atoms with Gasteiger partial charge >= 0.3 is 5.97 Å². The summed E-state index contributed by atoms with van der Waals surface area (Å²) in [6.07, 6.45) is 1.88. The molecule has 19 heavy (non-hydrogen) atoms. The zero-order chi connectivity index (χ0) is 14.3. The molecule has 0 unspecified atom stereocenters. The maximum Gasteiger partial charge on any atom is 0.331 e. The van der Waals surface area contributed by atoms with Crippen molar-refractivity contribution in [2.45, 2.75) is 32.7 Å². The summed E-state index contributed by atoms with van der Waals surface area (Å²) in [5.74, 6) is -1.00. The molecule has 9 heteroatoms. The zero-order valence-corrected chi connectivity index (χ0v) is 11.0. The van der Waals surface area contributed by atoms with Gasteiger partial charge in [0.05, 0.1) is 18.1 Å². The summed E-state index contributed by atoms with van der Waals surface area (Å²) in [5, 5.41) is 18.4. The number of carbonyl (C=O) groups is 2. The average molecular weight is 274 g/mol. The van der Waals surface area contributed by atoms with E-state index in [0.29, 0.717) is 18.1 Å². The SMILES string of the molecule is CC(=O)N[C@@H](C)C(=O)OCO/N=[N+](\[O-])N1CCCC1. The van der Waals surface area contributed by atoms with Crippen LogP contribution in [0, 0.1) is 5.21 Å². The molecule has 1 fully saturated rings. The largest absolute Gasteiger partial charge is 0.569 e. The molecular formula is C10H18N4O5. The maximum atomic E-state index is 11.3. The quantitative estimate of drug-likeness (QED) is 0.181. The highest BCUT2D eigenvalue weighted by Crippen LogP contribution is 2.07. The molecule has 0 aromatic rings. The van der Waals surface area contributed by atoms with Gasteiger partial charge in [-0.2, -0.15) is 0 Å². The average Bonchev–Trinajstić information content (AvgIpc) is 2.86. The van der Waals surface area contributed by atoms with E-state index in [1.54, 1.807) is 0 Å². The van der Waals surface area contributed by atoms with E-state index in [2.05, 4.69) is 20.2 Å². The van der Waals surface area contributed by atoms with Gasteiger partial charge in [-0.15, -0.1) is 5.01 Å². The monoisotopic (exact) mass is 274 g/mol. The number of nitrogens with zero attached hydrogens (tertiary/aromatic N) is 3. The van der Waals surface area contributed by atoms with Gasteiger partial charge in [-0.1, -0.05) is 0 Å². The van der Waals surface area contributed by atoms with Gasteiger partial charge < -0.3 is 20.1 Å². The highest BCUT2D eigenvalue weighted by Gasteiger charge is 2.19. The molecule has 0 aromatic carbocycles. The summed E-state index contributed by atoms with van der Waals surface area (Å²) in [6, 6.07) is -0.775. The lowest BCUT2D eigenvalue weighted by atomic mass is 10.3. The molecule has 0 saturated carbocycles. The number of esters is 1. The van der Waals surface area contributed by atoms with Gasteiger partial charge in [0.25, 0.3) is 6.79 Å². The molecule has 0 spiro atoms. The van der Waals surface area contributed by atoms with Crippen molar-refractivity contribution in [3.63, 3.8) is 0 Å². The van der Waals surface area contributed by atoms with Crippen molar-refractivity contribution in [1.29, 1.82) is 0 Å². The number of hydrazine groups is 1.